The number of Topliss-reactive ketones (excluding diaryl/α,β-unsaturated/α-hetero) is 1. The zero-order valence-electron chi connectivity index (χ0n) is 29.4. The summed E-state index contributed by atoms with van der Waals surface area (Å²) >= 11 is 1.39. The summed E-state index contributed by atoms with van der Waals surface area (Å²) in [6.45, 7) is 8.22. The zero-order chi connectivity index (χ0) is 36.5. The monoisotopic (exact) mass is 713 g/mol. The largest absolute Gasteiger partial charge is 0.368 e. The van der Waals surface area contributed by atoms with Gasteiger partial charge in [-0.2, -0.15) is 0 Å². The minimum atomic E-state index is -0.950. The molecule has 3 N–H and O–H groups in total. The normalized spacial score (nSPS) is 11.9. The number of ketones is 1. The van der Waals surface area contributed by atoms with E-state index in [1.54, 1.807) is 18.5 Å². The molecule has 0 aliphatic heterocycles. The van der Waals surface area contributed by atoms with E-state index in [4.69, 9.17) is 10.7 Å². The molecule has 6 rings (SSSR count). The number of hydrogen-bond acceptors (Lipinski definition) is 7. The Kier molecular flexibility index (Phi) is 11.9. The molecular weight excluding hydrogens is 671 g/mol. The second-order valence-electron chi connectivity index (χ2n) is 12.6. The van der Waals surface area contributed by atoms with E-state index in [2.05, 4.69) is 33.6 Å². The lowest BCUT2D eigenvalue weighted by molar-refractivity contribution is -0.119. The van der Waals surface area contributed by atoms with Crippen LogP contribution in [-0.4, -0.2) is 73.0 Å². The number of fused-ring (bicyclic) bond motifs is 1. The van der Waals surface area contributed by atoms with Crippen LogP contribution in [0.1, 0.15) is 45.8 Å². The van der Waals surface area contributed by atoms with Crippen molar-refractivity contribution in [3.8, 4) is 11.1 Å². The molecule has 2 aromatic heterocycles. The third-order valence-electron chi connectivity index (χ3n) is 9.11. The van der Waals surface area contributed by atoms with Gasteiger partial charge >= 0.3 is 0 Å². The second kappa shape index (κ2) is 17.1. The van der Waals surface area contributed by atoms with Crippen LogP contribution in [-0.2, 0) is 24.3 Å². The van der Waals surface area contributed by atoms with Crippen LogP contribution in [0.5, 0.6) is 0 Å². The van der Waals surface area contributed by atoms with Gasteiger partial charge in [0.15, 0.2) is 10.9 Å². The topological polar surface area (TPSA) is 128 Å². The van der Waals surface area contributed by atoms with Gasteiger partial charge in [-0.3, -0.25) is 14.4 Å². The number of primary amides is 1. The Morgan fingerprint density at radius 3 is 2.23 bits per heavy atom. The molecule has 0 aliphatic carbocycles. The van der Waals surface area contributed by atoms with Crippen LogP contribution in [0, 0.1) is 0 Å². The van der Waals surface area contributed by atoms with Crippen LogP contribution in [0.15, 0.2) is 121 Å². The Bertz CT molecular complexity index is 2120. The van der Waals surface area contributed by atoms with Crippen molar-refractivity contribution in [2.24, 2.45) is 5.73 Å². The molecule has 11 heteroatoms. The van der Waals surface area contributed by atoms with Gasteiger partial charge in [0.1, 0.15) is 6.04 Å². The van der Waals surface area contributed by atoms with Gasteiger partial charge < -0.3 is 25.1 Å². The molecule has 0 spiro atoms. The lowest BCUT2D eigenvalue weighted by Gasteiger charge is -2.19. The van der Waals surface area contributed by atoms with Crippen molar-refractivity contribution >= 4 is 40.4 Å². The number of nitrogens with zero attached hydrogens (tertiary/aromatic N) is 5. The Balaban J connectivity index is 1.16. The second-order valence-corrected chi connectivity index (χ2v) is 13.5. The quantitative estimate of drug-likeness (QED) is 0.0865. The van der Waals surface area contributed by atoms with Crippen molar-refractivity contribution in [2.75, 3.05) is 25.4 Å². The number of aromatic nitrogens is 4. The highest BCUT2D eigenvalue weighted by Gasteiger charge is 2.22. The summed E-state index contributed by atoms with van der Waals surface area (Å²) in [5.74, 6) is -0.857. The lowest BCUT2D eigenvalue weighted by Crippen LogP contribution is -2.45. The highest BCUT2D eigenvalue weighted by Crippen LogP contribution is 2.27. The molecule has 0 bridgehead atoms. The van der Waals surface area contributed by atoms with E-state index in [1.807, 2.05) is 102 Å². The first-order valence-corrected chi connectivity index (χ1v) is 18.5. The summed E-state index contributed by atoms with van der Waals surface area (Å²) in [4.78, 5) is 50.9. The molecule has 1 unspecified atom stereocenters. The number of thioether (sulfide) groups is 1. The minimum absolute atomic E-state index is 0.00872. The van der Waals surface area contributed by atoms with E-state index >= 15 is 0 Å². The number of rotatable bonds is 17. The molecular formula is C41H43N7O3S. The first kappa shape index (κ1) is 36.3. The zero-order valence-corrected chi connectivity index (χ0v) is 30.3. The summed E-state index contributed by atoms with van der Waals surface area (Å²) in [5, 5.41) is 3.50. The van der Waals surface area contributed by atoms with Gasteiger partial charge in [-0.15, -0.1) is 0 Å². The summed E-state index contributed by atoms with van der Waals surface area (Å²) in [6, 6.07) is 32.1. The first-order valence-electron chi connectivity index (χ1n) is 17.5. The van der Waals surface area contributed by atoms with Crippen molar-refractivity contribution < 1.29 is 14.4 Å². The number of likely N-dealkylation sites (N-methyl/N-ethyl adjacent to an activating group) is 1. The van der Waals surface area contributed by atoms with E-state index in [0.717, 1.165) is 41.8 Å². The molecule has 1 atom stereocenters. The molecule has 10 nitrogen and oxygen atoms in total. The summed E-state index contributed by atoms with van der Waals surface area (Å²) in [5.41, 5.74) is 12.1. The predicted octanol–water partition coefficient (Wildman–Crippen LogP) is 6.09. The average molecular weight is 714 g/mol. The minimum Gasteiger partial charge on any atom is -0.368 e. The van der Waals surface area contributed by atoms with Crippen LogP contribution in [0.25, 0.3) is 22.2 Å². The average Bonchev–Trinajstić information content (AvgIpc) is 3.77. The molecule has 4 aromatic carbocycles. The van der Waals surface area contributed by atoms with E-state index in [0.29, 0.717) is 40.6 Å². The maximum absolute atomic E-state index is 13.5. The number of carbonyl (C=O) groups is 3. The number of imidazole rings is 2. The van der Waals surface area contributed by atoms with Gasteiger partial charge in [-0.1, -0.05) is 111 Å². The van der Waals surface area contributed by atoms with Crippen molar-refractivity contribution in [2.45, 2.75) is 44.6 Å². The Labute approximate surface area is 308 Å². The van der Waals surface area contributed by atoms with Crippen molar-refractivity contribution in [1.82, 2.24) is 29.3 Å². The van der Waals surface area contributed by atoms with E-state index in [1.165, 1.54) is 11.8 Å². The molecule has 2 heterocycles. The third-order valence-corrected chi connectivity index (χ3v) is 10.1. The molecule has 6 aromatic rings. The number of nitrogens with two attached hydrogens (primary N) is 1. The molecule has 0 radical (unpaired) electrons. The standard InChI is InChI=1S/C41H43N7O3S/c1-3-46(4-2)21-22-48-37-20-19-33(40(51)44-36(39(42)50)24-34-26-47(28-43-34)25-29-11-7-5-8-12-29)23-35(37)45-41(48)52-27-38(49)32-17-15-31(16-18-32)30-13-9-6-10-14-30/h5-20,23,26,28,36H,3-4,21-22,24-25,27H2,1-2H3,(H2,42,50)(H,44,51). The maximum atomic E-state index is 13.5. The smallest absolute Gasteiger partial charge is 0.252 e. The van der Waals surface area contributed by atoms with Crippen LogP contribution in [0.3, 0.4) is 0 Å². The maximum Gasteiger partial charge on any atom is 0.252 e. The van der Waals surface area contributed by atoms with E-state index < -0.39 is 17.9 Å². The number of hydrogen-bond donors (Lipinski definition) is 2. The predicted molar refractivity (Wildman–Crippen MR) is 206 cm³/mol. The summed E-state index contributed by atoms with van der Waals surface area (Å²) in [7, 11) is 0. The fraction of sp³-hybridized carbons (Fsp3) is 0.244. The van der Waals surface area contributed by atoms with Crippen molar-refractivity contribution in [3.05, 3.63) is 138 Å². The van der Waals surface area contributed by atoms with Gasteiger partial charge in [-0.25, -0.2) is 9.97 Å². The molecule has 0 fully saturated rings. The fourth-order valence-corrected chi connectivity index (χ4v) is 7.05. The van der Waals surface area contributed by atoms with E-state index in [9.17, 15) is 14.4 Å². The number of benzene rings is 4. The molecule has 0 aliphatic rings. The molecule has 52 heavy (non-hydrogen) atoms. The number of amides is 2. The van der Waals surface area contributed by atoms with Crippen LogP contribution >= 0.6 is 11.8 Å². The van der Waals surface area contributed by atoms with Crippen LogP contribution in [0.4, 0.5) is 0 Å². The highest BCUT2D eigenvalue weighted by atomic mass is 32.2. The number of nitrogens with one attached hydrogen (secondary N) is 1. The van der Waals surface area contributed by atoms with Gasteiger partial charge in [0.05, 0.1) is 28.8 Å². The van der Waals surface area contributed by atoms with Crippen molar-refractivity contribution in [1.29, 1.82) is 0 Å². The van der Waals surface area contributed by atoms with Gasteiger partial charge in [0, 0.05) is 43.4 Å². The molecule has 266 valence electrons. The van der Waals surface area contributed by atoms with Crippen LogP contribution in [0.2, 0.25) is 0 Å². The van der Waals surface area contributed by atoms with Crippen molar-refractivity contribution in [3.63, 3.8) is 0 Å². The Morgan fingerprint density at radius 2 is 1.54 bits per heavy atom. The van der Waals surface area contributed by atoms with E-state index in [-0.39, 0.29) is 18.0 Å². The highest BCUT2D eigenvalue weighted by molar-refractivity contribution is 7.99. The molecule has 2 amide bonds. The van der Waals surface area contributed by atoms with Gasteiger partial charge in [0.2, 0.25) is 5.91 Å². The first-order chi connectivity index (χ1) is 25.3. The number of carbonyl (C=O) groups excluding carboxylic acids is 3. The molecule has 0 saturated carbocycles. The fourth-order valence-electron chi connectivity index (χ4n) is 6.12. The summed E-state index contributed by atoms with van der Waals surface area (Å²) in [6.07, 6.45) is 3.72. The summed E-state index contributed by atoms with van der Waals surface area (Å²) < 4.78 is 4.05. The third kappa shape index (κ3) is 9.03. The Hall–Kier alpha value is -5.52. The molecule has 0 saturated heterocycles. The Morgan fingerprint density at radius 1 is 0.865 bits per heavy atom. The van der Waals surface area contributed by atoms with Gasteiger partial charge in [-0.05, 0) is 48.0 Å². The van der Waals surface area contributed by atoms with Crippen LogP contribution < -0.4 is 11.1 Å². The lowest BCUT2D eigenvalue weighted by atomic mass is 10.0. The van der Waals surface area contributed by atoms with Gasteiger partial charge in [0.25, 0.3) is 5.91 Å². The SMILES string of the molecule is CCN(CC)CCn1c(SCC(=O)c2ccc(-c3ccccc3)cc2)nc2cc(C(=O)NC(Cc3cn(Cc4ccccc4)cn3)C(N)=O)ccc21.